The Kier molecular flexibility index (Phi) is 8.29. The van der Waals surface area contributed by atoms with E-state index in [-0.39, 0.29) is 31.1 Å². The summed E-state index contributed by atoms with van der Waals surface area (Å²) in [7, 11) is -2.07. The molecule has 0 aliphatic rings. The lowest BCUT2D eigenvalue weighted by molar-refractivity contribution is 0.235. The average Bonchev–Trinajstić information content (AvgIpc) is 2.70. The number of rotatable bonds is 10. The Morgan fingerprint density at radius 1 is 0.966 bits per heavy atom. The van der Waals surface area contributed by atoms with Gasteiger partial charge in [-0.1, -0.05) is 24.3 Å². The fraction of sp³-hybridized carbons (Fsp3) is 0.350. The van der Waals surface area contributed by atoms with E-state index in [2.05, 4.69) is 15.4 Å². The summed E-state index contributed by atoms with van der Waals surface area (Å²) < 4.78 is 38.0. The van der Waals surface area contributed by atoms with Gasteiger partial charge in [-0.2, -0.15) is 0 Å². The Morgan fingerprint density at radius 3 is 2.38 bits per heavy atom. The van der Waals surface area contributed by atoms with Crippen molar-refractivity contribution in [2.24, 2.45) is 0 Å². The lowest BCUT2D eigenvalue weighted by Gasteiger charge is -2.12. The second-order valence-electron chi connectivity index (χ2n) is 6.35. The van der Waals surface area contributed by atoms with Crippen LogP contribution in [0, 0.1) is 13.8 Å². The van der Waals surface area contributed by atoms with Gasteiger partial charge in [-0.3, -0.25) is 0 Å². The van der Waals surface area contributed by atoms with Crippen LogP contribution >= 0.6 is 0 Å². The van der Waals surface area contributed by atoms with Gasteiger partial charge in [0.25, 0.3) is 0 Å². The number of urea groups is 1. The molecular weight excluding hydrogens is 394 g/mol. The van der Waals surface area contributed by atoms with Crippen molar-refractivity contribution in [2.75, 3.05) is 33.4 Å². The third kappa shape index (κ3) is 6.95. The van der Waals surface area contributed by atoms with E-state index in [0.717, 1.165) is 5.56 Å². The standard InChI is InChI=1S/C20H27N3O5S/c1-15-8-9-16(2)19(14-15)29(25,26)23-11-10-21-20(24)22-12-13-28-18-7-5-4-6-17(18)27-3/h4-9,14,23H,10-13H2,1-3H3,(H2,21,22,24). The normalized spacial score (nSPS) is 11.0. The lowest BCUT2D eigenvalue weighted by Crippen LogP contribution is -2.41. The predicted molar refractivity (Wildman–Crippen MR) is 111 cm³/mol. The summed E-state index contributed by atoms with van der Waals surface area (Å²) in [6.07, 6.45) is 0. The van der Waals surface area contributed by atoms with Gasteiger partial charge in [0, 0.05) is 13.1 Å². The van der Waals surface area contributed by atoms with Crippen molar-refractivity contribution in [3.63, 3.8) is 0 Å². The fourth-order valence-electron chi connectivity index (χ4n) is 2.56. The van der Waals surface area contributed by atoms with Gasteiger partial charge >= 0.3 is 6.03 Å². The van der Waals surface area contributed by atoms with Crippen molar-refractivity contribution in [3.8, 4) is 11.5 Å². The van der Waals surface area contributed by atoms with Crippen LogP contribution in [0.15, 0.2) is 47.4 Å². The van der Waals surface area contributed by atoms with Crippen molar-refractivity contribution in [3.05, 3.63) is 53.6 Å². The van der Waals surface area contributed by atoms with Crippen LogP contribution in [-0.4, -0.2) is 47.8 Å². The van der Waals surface area contributed by atoms with Gasteiger partial charge in [0.15, 0.2) is 11.5 Å². The fourth-order valence-corrected chi connectivity index (χ4v) is 3.92. The molecule has 0 unspecified atom stereocenters. The quantitative estimate of drug-likeness (QED) is 0.509. The maximum absolute atomic E-state index is 12.4. The molecule has 0 atom stereocenters. The van der Waals surface area contributed by atoms with Gasteiger partial charge in [0.2, 0.25) is 10.0 Å². The smallest absolute Gasteiger partial charge is 0.314 e. The third-order valence-corrected chi connectivity index (χ3v) is 5.65. The van der Waals surface area contributed by atoms with Crippen molar-refractivity contribution in [2.45, 2.75) is 18.7 Å². The summed E-state index contributed by atoms with van der Waals surface area (Å²) >= 11 is 0. The molecule has 158 valence electrons. The van der Waals surface area contributed by atoms with E-state index in [9.17, 15) is 13.2 Å². The van der Waals surface area contributed by atoms with E-state index in [1.165, 1.54) is 0 Å². The highest BCUT2D eigenvalue weighted by atomic mass is 32.2. The zero-order chi connectivity index (χ0) is 21.3. The van der Waals surface area contributed by atoms with Gasteiger partial charge < -0.3 is 20.1 Å². The third-order valence-electron chi connectivity index (χ3n) is 4.05. The number of hydrogen-bond acceptors (Lipinski definition) is 5. The van der Waals surface area contributed by atoms with Crippen molar-refractivity contribution >= 4 is 16.1 Å². The number of carbonyl (C=O) groups excluding carboxylic acids is 1. The first-order chi connectivity index (χ1) is 13.8. The molecule has 8 nitrogen and oxygen atoms in total. The highest BCUT2D eigenvalue weighted by Crippen LogP contribution is 2.25. The topological polar surface area (TPSA) is 106 Å². The molecule has 0 saturated carbocycles. The van der Waals surface area contributed by atoms with Crippen LogP contribution in [0.4, 0.5) is 4.79 Å². The van der Waals surface area contributed by atoms with Crippen molar-refractivity contribution in [1.82, 2.24) is 15.4 Å². The Bertz CT molecular complexity index is 931. The summed E-state index contributed by atoms with van der Waals surface area (Å²) in [4.78, 5) is 12.0. The zero-order valence-corrected chi connectivity index (χ0v) is 17.6. The monoisotopic (exact) mass is 421 g/mol. The predicted octanol–water partition coefficient (Wildman–Crippen LogP) is 1.97. The Hall–Kier alpha value is -2.78. The van der Waals surface area contributed by atoms with Crippen LogP contribution in [0.25, 0.3) is 0 Å². The lowest BCUT2D eigenvalue weighted by atomic mass is 10.2. The van der Waals surface area contributed by atoms with E-state index in [1.54, 1.807) is 38.3 Å². The van der Waals surface area contributed by atoms with E-state index < -0.39 is 16.1 Å². The molecule has 2 aromatic rings. The molecule has 0 fully saturated rings. The molecule has 0 heterocycles. The maximum atomic E-state index is 12.4. The molecule has 3 N–H and O–H groups in total. The van der Waals surface area contributed by atoms with Crippen LogP contribution in [0.2, 0.25) is 0 Å². The minimum Gasteiger partial charge on any atom is -0.493 e. The molecular formula is C20H27N3O5S. The summed E-state index contributed by atoms with van der Waals surface area (Å²) in [6.45, 7) is 4.38. The number of aryl methyl sites for hydroxylation is 2. The summed E-state index contributed by atoms with van der Waals surface area (Å²) in [5.74, 6) is 1.21. The van der Waals surface area contributed by atoms with E-state index in [1.807, 2.05) is 25.1 Å². The molecule has 0 saturated heterocycles. The first kappa shape index (κ1) is 22.5. The van der Waals surface area contributed by atoms with Crippen LogP contribution in [0.5, 0.6) is 11.5 Å². The molecule has 0 radical (unpaired) electrons. The van der Waals surface area contributed by atoms with Gasteiger partial charge in [0.05, 0.1) is 18.6 Å². The number of benzene rings is 2. The largest absolute Gasteiger partial charge is 0.493 e. The Labute approximate surface area is 171 Å². The summed E-state index contributed by atoms with van der Waals surface area (Å²) in [5.41, 5.74) is 1.53. The molecule has 0 bridgehead atoms. The molecule has 9 heteroatoms. The molecule has 29 heavy (non-hydrogen) atoms. The molecule has 0 spiro atoms. The number of ether oxygens (including phenoxy) is 2. The zero-order valence-electron chi connectivity index (χ0n) is 16.8. The van der Waals surface area contributed by atoms with Gasteiger partial charge in [-0.15, -0.1) is 0 Å². The van der Waals surface area contributed by atoms with Crippen molar-refractivity contribution in [1.29, 1.82) is 0 Å². The molecule has 2 aromatic carbocycles. The number of methoxy groups -OCH3 is 1. The number of nitrogens with one attached hydrogen (secondary N) is 3. The molecule has 2 amide bonds. The minimum absolute atomic E-state index is 0.0842. The van der Waals surface area contributed by atoms with Gasteiger partial charge in [-0.25, -0.2) is 17.9 Å². The minimum atomic E-state index is -3.62. The number of carbonyl (C=O) groups is 1. The Balaban J connectivity index is 1.67. The number of hydrogen-bond donors (Lipinski definition) is 3. The SMILES string of the molecule is COc1ccccc1OCCNC(=O)NCCNS(=O)(=O)c1cc(C)ccc1C. The molecule has 0 aromatic heterocycles. The highest BCUT2D eigenvalue weighted by Gasteiger charge is 2.16. The first-order valence-electron chi connectivity index (χ1n) is 9.18. The maximum Gasteiger partial charge on any atom is 0.314 e. The van der Waals surface area contributed by atoms with Crippen LogP contribution in [0.1, 0.15) is 11.1 Å². The second-order valence-corrected chi connectivity index (χ2v) is 8.08. The van der Waals surface area contributed by atoms with Crippen LogP contribution in [-0.2, 0) is 10.0 Å². The van der Waals surface area contributed by atoms with Crippen molar-refractivity contribution < 1.29 is 22.7 Å². The van der Waals surface area contributed by atoms with E-state index >= 15 is 0 Å². The summed E-state index contributed by atoms with van der Waals surface area (Å²) in [6, 6.07) is 12.1. The van der Waals surface area contributed by atoms with Gasteiger partial charge in [-0.05, 0) is 43.2 Å². The molecule has 2 rings (SSSR count). The van der Waals surface area contributed by atoms with E-state index in [0.29, 0.717) is 17.1 Å². The molecule has 0 aliphatic heterocycles. The van der Waals surface area contributed by atoms with Crippen LogP contribution < -0.4 is 24.8 Å². The average molecular weight is 422 g/mol. The number of sulfonamides is 1. The van der Waals surface area contributed by atoms with Gasteiger partial charge in [0.1, 0.15) is 6.61 Å². The van der Waals surface area contributed by atoms with E-state index in [4.69, 9.17) is 9.47 Å². The molecule has 0 aliphatic carbocycles. The summed E-state index contributed by atoms with van der Waals surface area (Å²) in [5, 5.41) is 5.24. The second kappa shape index (κ2) is 10.7. The Morgan fingerprint density at radius 2 is 1.66 bits per heavy atom. The first-order valence-corrected chi connectivity index (χ1v) is 10.7. The van der Waals surface area contributed by atoms with Crippen LogP contribution in [0.3, 0.4) is 0 Å². The highest BCUT2D eigenvalue weighted by molar-refractivity contribution is 7.89. The number of amides is 2. The number of para-hydroxylation sites is 2.